The average molecular weight is 429 g/mol. The van der Waals surface area contributed by atoms with Gasteiger partial charge in [-0.2, -0.15) is 0 Å². The summed E-state index contributed by atoms with van der Waals surface area (Å²) in [6, 6.07) is 0. The normalized spacial score (nSPS) is 50.7. The van der Waals surface area contributed by atoms with Crippen LogP contribution in [0.1, 0.15) is 86.5 Å². The molecule has 10 atom stereocenters. The van der Waals surface area contributed by atoms with Gasteiger partial charge in [0, 0.05) is 11.8 Å². The van der Waals surface area contributed by atoms with Gasteiger partial charge < -0.3 is 14.9 Å². The summed E-state index contributed by atoms with van der Waals surface area (Å²) in [6.45, 7) is 14.2. The van der Waals surface area contributed by atoms with Crippen LogP contribution in [-0.4, -0.2) is 34.1 Å². The van der Waals surface area contributed by atoms with Crippen LogP contribution >= 0.6 is 0 Å². The van der Waals surface area contributed by atoms with Crippen LogP contribution in [0.2, 0.25) is 0 Å². The van der Waals surface area contributed by atoms with Gasteiger partial charge in [0.1, 0.15) is 17.8 Å². The van der Waals surface area contributed by atoms with E-state index in [9.17, 15) is 10.2 Å². The van der Waals surface area contributed by atoms with Crippen molar-refractivity contribution in [3.63, 3.8) is 0 Å². The molecule has 0 unspecified atom stereocenters. The molecule has 1 heterocycles. The monoisotopic (exact) mass is 428 g/mol. The number of allylic oxidation sites excluding steroid dienone is 3. The molecule has 5 rings (SSSR count). The third kappa shape index (κ3) is 2.95. The quantitative estimate of drug-likeness (QED) is 0.449. The maximum absolute atomic E-state index is 11.5. The van der Waals surface area contributed by atoms with Crippen LogP contribution in [0.15, 0.2) is 23.3 Å². The Balaban J connectivity index is 1.47. The number of hydrogen-bond donors (Lipinski definition) is 2. The Morgan fingerprint density at radius 2 is 1.74 bits per heavy atom. The summed E-state index contributed by atoms with van der Waals surface area (Å²) in [4.78, 5) is 0. The first kappa shape index (κ1) is 22.2. The molecule has 3 nitrogen and oxygen atoms in total. The first-order valence-corrected chi connectivity index (χ1v) is 13.0. The predicted octanol–water partition coefficient (Wildman–Crippen LogP) is 5.66. The van der Waals surface area contributed by atoms with Gasteiger partial charge in [0.25, 0.3) is 0 Å². The Labute approximate surface area is 189 Å². The molecule has 0 amide bonds. The van der Waals surface area contributed by atoms with Crippen LogP contribution in [0.3, 0.4) is 0 Å². The molecule has 3 heteroatoms. The second-order valence-electron chi connectivity index (χ2n) is 12.6. The molecule has 0 radical (unpaired) electrons. The lowest BCUT2D eigenvalue weighted by atomic mass is 9.48. The number of aliphatic hydroxyl groups is 2. The Morgan fingerprint density at radius 3 is 2.45 bits per heavy atom. The van der Waals surface area contributed by atoms with Gasteiger partial charge >= 0.3 is 0 Å². The van der Waals surface area contributed by atoms with Gasteiger partial charge in [-0.15, -0.1) is 0 Å². The molecule has 5 aliphatic rings. The zero-order chi connectivity index (χ0) is 22.3. The molecular weight excluding hydrogens is 384 g/mol. The van der Waals surface area contributed by atoms with E-state index in [4.69, 9.17) is 4.74 Å². The van der Waals surface area contributed by atoms with Gasteiger partial charge in [-0.3, -0.25) is 0 Å². The Hall–Kier alpha value is -0.640. The molecule has 0 aromatic carbocycles. The summed E-state index contributed by atoms with van der Waals surface area (Å²) in [5.41, 5.74) is 2.93. The molecule has 2 N–H and O–H groups in total. The van der Waals surface area contributed by atoms with Crippen molar-refractivity contribution >= 4 is 0 Å². The zero-order valence-corrected chi connectivity index (χ0v) is 20.5. The highest BCUT2D eigenvalue weighted by atomic mass is 16.6. The lowest BCUT2D eigenvalue weighted by Crippen LogP contribution is -2.57. The van der Waals surface area contributed by atoms with Crippen molar-refractivity contribution in [1.29, 1.82) is 0 Å². The molecule has 4 fully saturated rings. The minimum absolute atomic E-state index is 0.0656. The van der Waals surface area contributed by atoms with Crippen LogP contribution < -0.4 is 0 Å². The summed E-state index contributed by atoms with van der Waals surface area (Å²) >= 11 is 0. The molecule has 0 bridgehead atoms. The first-order valence-electron chi connectivity index (χ1n) is 13.0. The van der Waals surface area contributed by atoms with Gasteiger partial charge in [-0.05, 0) is 79.1 Å². The minimum Gasteiger partial charge on any atom is -0.393 e. The highest BCUT2D eigenvalue weighted by Crippen LogP contribution is 2.72. The third-order valence-electron chi connectivity index (χ3n) is 10.9. The molecule has 4 aliphatic carbocycles. The molecule has 3 saturated carbocycles. The molecule has 0 aromatic rings. The van der Waals surface area contributed by atoms with E-state index in [1.807, 2.05) is 0 Å². The van der Waals surface area contributed by atoms with Crippen LogP contribution in [0.4, 0.5) is 0 Å². The van der Waals surface area contributed by atoms with E-state index >= 15 is 0 Å². The summed E-state index contributed by atoms with van der Waals surface area (Å²) in [7, 11) is 0. The average Bonchev–Trinajstić information content (AvgIpc) is 3.34. The van der Waals surface area contributed by atoms with Crippen molar-refractivity contribution in [2.24, 2.45) is 40.4 Å². The molecule has 0 aromatic heterocycles. The first-order chi connectivity index (χ1) is 14.5. The van der Waals surface area contributed by atoms with Crippen LogP contribution in [0.5, 0.6) is 0 Å². The van der Waals surface area contributed by atoms with Gasteiger partial charge in [0.2, 0.25) is 0 Å². The zero-order valence-electron chi connectivity index (χ0n) is 20.5. The fourth-order valence-electron chi connectivity index (χ4n) is 8.48. The molecule has 1 aliphatic heterocycles. The number of fused-ring (bicyclic) bond motifs is 3. The highest BCUT2D eigenvalue weighted by molar-refractivity contribution is 5.43. The summed E-state index contributed by atoms with van der Waals surface area (Å²) in [5, 5.41) is 21.9. The fourth-order valence-corrected chi connectivity index (χ4v) is 8.48. The van der Waals surface area contributed by atoms with E-state index in [1.54, 1.807) is 5.57 Å². The van der Waals surface area contributed by atoms with Crippen molar-refractivity contribution in [3.05, 3.63) is 23.3 Å². The van der Waals surface area contributed by atoms with E-state index < -0.39 is 6.10 Å². The third-order valence-corrected chi connectivity index (χ3v) is 10.9. The lowest BCUT2D eigenvalue weighted by molar-refractivity contribution is -0.0512. The number of ether oxygens (including phenoxy) is 1. The second kappa shape index (κ2) is 7.18. The van der Waals surface area contributed by atoms with E-state index in [0.717, 1.165) is 25.7 Å². The van der Waals surface area contributed by atoms with Crippen molar-refractivity contribution in [2.75, 3.05) is 0 Å². The fraction of sp³-hybridized carbons (Fsp3) is 0.857. The molecule has 174 valence electrons. The molecule has 31 heavy (non-hydrogen) atoms. The van der Waals surface area contributed by atoms with Crippen LogP contribution in [0, 0.1) is 40.4 Å². The summed E-state index contributed by atoms with van der Waals surface area (Å²) in [5.74, 6) is 2.95. The maximum Gasteiger partial charge on any atom is 0.118 e. The maximum atomic E-state index is 11.5. The minimum atomic E-state index is -0.469. The van der Waals surface area contributed by atoms with Crippen LogP contribution in [0.25, 0.3) is 0 Å². The van der Waals surface area contributed by atoms with Crippen LogP contribution in [-0.2, 0) is 4.74 Å². The number of epoxide rings is 1. The lowest BCUT2D eigenvalue weighted by Gasteiger charge is -2.55. The molecule has 1 saturated heterocycles. The second-order valence-corrected chi connectivity index (χ2v) is 12.6. The Morgan fingerprint density at radius 1 is 1.00 bits per heavy atom. The van der Waals surface area contributed by atoms with E-state index in [-0.39, 0.29) is 28.6 Å². The van der Waals surface area contributed by atoms with Crippen molar-refractivity contribution in [2.45, 2.75) is 110 Å². The van der Waals surface area contributed by atoms with E-state index in [2.05, 4.69) is 53.7 Å². The topological polar surface area (TPSA) is 53.0 Å². The summed E-state index contributed by atoms with van der Waals surface area (Å²) in [6.07, 6.45) is 11.4. The van der Waals surface area contributed by atoms with Gasteiger partial charge in [-0.1, -0.05) is 59.3 Å². The van der Waals surface area contributed by atoms with Gasteiger partial charge in [0.05, 0.1) is 6.10 Å². The van der Waals surface area contributed by atoms with Gasteiger partial charge in [0.15, 0.2) is 0 Å². The van der Waals surface area contributed by atoms with Crippen molar-refractivity contribution in [3.8, 4) is 0 Å². The number of hydrogen-bond acceptors (Lipinski definition) is 3. The van der Waals surface area contributed by atoms with Crippen molar-refractivity contribution < 1.29 is 14.9 Å². The SMILES string of the molecule is CC(C)[C@H](C)C=C[C@@H](C)[C@H]1CCC2=C3[C@H](O)[C@@H]4O[C@@]45C[C@@H](O)CC[C@]5(C)[C@H]3CC[C@@]21C. The van der Waals surface area contributed by atoms with E-state index in [0.29, 0.717) is 36.0 Å². The summed E-state index contributed by atoms with van der Waals surface area (Å²) < 4.78 is 6.33. The largest absolute Gasteiger partial charge is 0.393 e. The van der Waals surface area contributed by atoms with Crippen molar-refractivity contribution in [1.82, 2.24) is 0 Å². The molecule has 1 spiro atoms. The van der Waals surface area contributed by atoms with E-state index in [1.165, 1.54) is 18.4 Å². The Kier molecular flexibility index (Phi) is 5.13. The number of aliphatic hydroxyl groups excluding tert-OH is 2. The van der Waals surface area contributed by atoms with Gasteiger partial charge in [-0.25, -0.2) is 0 Å². The predicted molar refractivity (Wildman–Crippen MR) is 124 cm³/mol. The molecular formula is C28H44O3. The Bertz CT molecular complexity index is 798. The number of rotatable bonds is 4. The highest BCUT2D eigenvalue weighted by Gasteiger charge is 2.77. The standard InChI is InChI=1S/C28H44O3/c1-16(2)17(3)7-8-18(4)20-9-10-21-23-22(12-13-26(20,21)5)27(6)14-11-19(29)15-28(27)25(31-28)24(23)30/h7-8,16-20,22,24-25,29-30H,9-15H2,1-6H3/t17-,18-,19+,20-,22+,24+,25+,26-,27-,28+/m1/s1. The smallest absolute Gasteiger partial charge is 0.118 e.